The summed E-state index contributed by atoms with van der Waals surface area (Å²) in [6.07, 6.45) is 0.417. The van der Waals surface area contributed by atoms with E-state index in [2.05, 4.69) is 4.99 Å². The minimum absolute atomic E-state index is 0.0935. The molecule has 6 nitrogen and oxygen atoms in total. The fourth-order valence-electron chi connectivity index (χ4n) is 3.34. The predicted molar refractivity (Wildman–Crippen MR) is 106 cm³/mol. The van der Waals surface area contributed by atoms with Gasteiger partial charge in [0.2, 0.25) is 0 Å². The van der Waals surface area contributed by atoms with Gasteiger partial charge in [0.1, 0.15) is 11.4 Å². The molecule has 0 aromatic carbocycles. The average Bonchev–Trinajstić information content (AvgIpc) is 2.43. The molecule has 8 heteroatoms. The standard InChI is InChI=1S/C19H33FN2O4Si/c1-17(2,3)26-16(23)21-15-11-13(25-10)14(12-22(15)24)27(20,18(4,5)6)19(7,8)9/h11-12,24H,1-10H3/b21-15-. The quantitative estimate of drug-likeness (QED) is 0.456. The minimum Gasteiger partial charge on any atom is -0.497 e. The van der Waals surface area contributed by atoms with Crippen molar-refractivity contribution in [3.8, 4) is 5.75 Å². The molecule has 1 N–H and O–H groups in total. The number of hydrogen-bond acceptors (Lipinski definition) is 4. The van der Waals surface area contributed by atoms with Crippen molar-refractivity contribution >= 4 is 19.7 Å². The lowest BCUT2D eigenvalue weighted by Crippen LogP contribution is -2.59. The Balaban J connectivity index is 3.67. The van der Waals surface area contributed by atoms with Gasteiger partial charge in [-0.05, 0) is 30.8 Å². The second-order valence-corrected chi connectivity index (χ2v) is 14.6. The molecule has 1 aromatic rings. The molecular weight excluding hydrogens is 367 g/mol. The number of carbonyl (C=O) groups excluding carboxylic acids is 1. The molecule has 0 aliphatic heterocycles. The number of nitrogens with zero attached hydrogens (tertiary/aromatic N) is 2. The number of halogens is 1. The summed E-state index contributed by atoms with van der Waals surface area (Å²) in [6.45, 7) is 16.3. The molecule has 154 valence electrons. The van der Waals surface area contributed by atoms with E-state index in [9.17, 15) is 10.0 Å². The first-order valence-corrected chi connectivity index (χ1v) is 10.8. The Kier molecular flexibility index (Phi) is 6.27. The van der Waals surface area contributed by atoms with E-state index in [1.54, 1.807) is 20.8 Å². The van der Waals surface area contributed by atoms with Crippen LogP contribution in [0.2, 0.25) is 10.1 Å². The van der Waals surface area contributed by atoms with Gasteiger partial charge in [0.15, 0.2) is 5.49 Å². The number of hydrogen-bond donors (Lipinski definition) is 1. The van der Waals surface area contributed by atoms with Crippen LogP contribution in [0.15, 0.2) is 17.3 Å². The monoisotopic (exact) mass is 400 g/mol. The molecule has 1 rings (SSSR count). The van der Waals surface area contributed by atoms with Crippen molar-refractivity contribution in [3.05, 3.63) is 17.8 Å². The van der Waals surface area contributed by atoms with Crippen LogP contribution in [0, 0.1) is 0 Å². The highest BCUT2D eigenvalue weighted by Gasteiger charge is 2.58. The molecule has 0 atom stereocenters. The summed E-state index contributed by atoms with van der Waals surface area (Å²) in [4.78, 5) is 15.7. The summed E-state index contributed by atoms with van der Waals surface area (Å²) in [5.74, 6) is 0.252. The highest BCUT2D eigenvalue weighted by atomic mass is 28.4. The Morgan fingerprint density at radius 1 is 1.11 bits per heavy atom. The second-order valence-electron chi connectivity index (χ2n) is 9.71. The SMILES string of the molecule is COc1c/c(=N/C(=O)OC(C)(C)C)n(O)cc1[Si](F)(C(C)(C)C)C(C)(C)C. The van der Waals surface area contributed by atoms with Crippen LogP contribution in [0.1, 0.15) is 62.3 Å². The van der Waals surface area contributed by atoms with Crippen LogP contribution >= 0.6 is 0 Å². The number of amides is 1. The van der Waals surface area contributed by atoms with Crippen LogP contribution in [-0.4, -0.2) is 37.1 Å². The molecule has 27 heavy (non-hydrogen) atoms. The van der Waals surface area contributed by atoms with Crippen molar-refractivity contribution in [2.24, 2.45) is 4.99 Å². The van der Waals surface area contributed by atoms with Crippen LogP contribution in [0.4, 0.5) is 8.90 Å². The predicted octanol–water partition coefficient (Wildman–Crippen LogP) is 4.29. The number of ether oxygens (including phenoxy) is 2. The Morgan fingerprint density at radius 3 is 1.96 bits per heavy atom. The maximum absolute atomic E-state index is 16.6. The van der Waals surface area contributed by atoms with Crippen LogP contribution in [0.25, 0.3) is 0 Å². The third kappa shape index (κ3) is 4.91. The summed E-state index contributed by atoms with van der Waals surface area (Å²) >= 11 is 0. The zero-order chi connectivity index (χ0) is 21.4. The van der Waals surface area contributed by atoms with Crippen molar-refractivity contribution in [1.82, 2.24) is 4.73 Å². The number of rotatable bonds is 2. The molecule has 0 aliphatic rings. The Hall–Kier alpha value is -1.83. The van der Waals surface area contributed by atoms with Crippen LogP contribution in [0.5, 0.6) is 5.75 Å². The first-order valence-electron chi connectivity index (χ1n) is 8.91. The topological polar surface area (TPSA) is 73.0 Å². The summed E-state index contributed by atoms with van der Waals surface area (Å²) in [6, 6.07) is 1.36. The van der Waals surface area contributed by atoms with Crippen LogP contribution < -0.4 is 15.4 Å². The van der Waals surface area contributed by atoms with E-state index >= 15 is 4.11 Å². The molecule has 0 fully saturated rings. The maximum atomic E-state index is 16.6. The smallest absolute Gasteiger partial charge is 0.436 e. The van der Waals surface area contributed by atoms with Gasteiger partial charge in [-0.25, -0.2) is 4.79 Å². The lowest BCUT2D eigenvalue weighted by molar-refractivity contribution is 0.0587. The van der Waals surface area contributed by atoms with Crippen LogP contribution in [-0.2, 0) is 4.74 Å². The van der Waals surface area contributed by atoms with Gasteiger partial charge in [0, 0.05) is 11.3 Å². The normalized spacial score (nSPS) is 14.3. The Bertz CT molecular complexity index is 754. The van der Waals surface area contributed by atoms with Gasteiger partial charge in [0.05, 0.1) is 13.3 Å². The van der Waals surface area contributed by atoms with E-state index in [0.29, 0.717) is 9.92 Å². The number of aromatic nitrogens is 1. The highest BCUT2D eigenvalue weighted by molar-refractivity contribution is 6.91. The van der Waals surface area contributed by atoms with Gasteiger partial charge >= 0.3 is 6.09 Å². The first-order chi connectivity index (χ1) is 11.9. The van der Waals surface area contributed by atoms with E-state index in [-0.39, 0.29) is 11.2 Å². The molecule has 0 saturated heterocycles. The summed E-state index contributed by atoms with van der Waals surface area (Å²) in [5.41, 5.74) is -0.811. The van der Waals surface area contributed by atoms with E-state index in [1.165, 1.54) is 19.4 Å². The van der Waals surface area contributed by atoms with Gasteiger partial charge in [-0.15, -0.1) is 0 Å². The van der Waals surface area contributed by atoms with Crippen LogP contribution in [0.3, 0.4) is 0 Å². The maximum Gasteiger partial charge on any atom is 0.436 e. The Labute approximate surface area is 162 Å². The molecule has 1 aromatic heterocycles. The largest absolute Gasteiger partial charge is 0.497 e. The van der Waals surface area contributed by atoms with Gasteiger partial charge < -0.3 is 18.8 Å². The number of pyridine rings is 1. The van der Waals surface area contributed by atoms with E-state index < -0.39 is 30.2 Å². The molecule has 0 saturated carbocycles. The molecule has 0 bridgehead atoms. The molecule has 1 amide bonds. The molecular formula is C19H33FN2O4Si. The van der Waals surface area contributed by atoms with Crippen molar-refractivity contribution in [2.45, 2.75) is 78.0 Å². The molecule has 0 aliphatic carbocycles. The van der Waals surface area contributed by atoms with Crippen molar-refractivity contribution < 1.29 is 23.6 Å². The zero-order valence-electron chi connectivity index (χ0n) is 18.1. The number of carbonyl (C=O) groups is 1. The van der Waals surface area contributed by atoms with Crippen molar-refractivity contribution in [2.75, 3.05) is 7.11 Å². The van der Waals surface area contributed by atoms with Gasteiger partial charge in [0.25, 0.3) is 8.41 Å². The molecule has 1 heterocycles. The zero-order valence-corrected chi connectivity index (χ0v) is 19.1. The Morgan fingerprint density at radius 2 is 1.59 bits per heavy atom. The third-order valence-corrected chi connectivity index (χ3v) is 9.52. The first kappa shape index (κ1) is 23.2. The molecule has 0 unspecified atom stereocenters. The van der Waals surface area contributed by atoms with E-state index in [1.807, 2.05) is 41.5 Å². The fourth-order valence-corrected chi connectivity index (χ4v) is 8.02. The van der Waals surface area contributed by atoms with Gasteiger partial charge in [-0.3, -0.25) is 0 Å². The molecule has 0 radical (unpaired) electrons. The average molecular weight is 401 g/mol. The summed E-state index contributed by atoms with van der Waals surface area (Å²) in [5, 5.41) is 9.37. The summed E-state index contributed by atoms with van der Waals surface area (Å²) in [7, 11) is -2.26. The molecule has 0 spiro atoms. The highest BCUT2D eigenvalue weighted by Crippen LogP contribution is 2.52. The lowest BCUT2D eigenvalue weighted by Gasteiger charge is -2.45. The van der Waals surface area contributed by atoms with E-state index in [4.69, 9.17) is 9.47 Å². The summed E-state index contributed by atoms with van der Waals surface area (Å²) < 4.78 is 27.8. The van der Waals surface area contributed by atoms with E-state index in [0.717, 1.165) is 0 Å². The second kappa shape index (κ2) is 7.29. The van der Waals surface area contributed by atoms with Gasteiger partial charge in [-0.1, -0.05) is 41.5 Å². The fraction of sp³-hybridized carbons (Fsp3) is 0.684. The third-order valence-electron chi connectivity index (χ3n) is 4.27. The lowest BCUT2D eigenvalue weighted by atomic mass is 10.2. The van der Waals surface area contributed by atoms with Crippen molar-refractivity contribution in [3.63, 3.8) is 0 Å². The van der Waals surface area contributed by atoms with Crippen molar-refractivity contribution in [1.29, 1.82) is 0 Å². The van der Waals surface area contributed by atoms with Gasteiger partial charge in [-0.2, -0.15) is 9.72 Å². The number of methoxy groups -OCH3 is 1. The minimum atomic E-state index is -3.69.